The zero-order valence-electron chi connectivity index (χ0n) is 14.6. The molecule has 0 atom stereocenters. The van der Waals surface area contributed by atoms with Crippen LogP contribution in [0, 0.1) is 20.8 Å². The Morgan fingerprint density at radius 1 is 1.38 bits per heavy atom. The van der Waals surface area contributed by atoms with Gasteiger partial charge in [-0.3, -0.25) is 14.2 Å². The molecule has 2 aromatic rings. The van der Waals surface area contributed by atoms with E-state index in [1.54, 1.807) is 17.7 Å². The Kier molecular flexibility index (Phi) is 5.33. The summed E-state index contributed by atoms with van der Waals surface area (Å²) in [6, 6.07) is 1.90. The lowest BCUT2D eigenvalue weighted by Gasteiger charge is -2.15. The number of amides is 1. The summed E-state index contributed by atoms with van der Waals surface area (Å²) < 4.78 is 2.98. The van der Waals surface area contributed by atoms with Gasteiger partial charge in [-0.05, 0) is 33.3 Å². The Bertz CT molecular complexity index is 832. The molecule has 0 radical (unpaired) electrons. The summed E-state index contributed by atoms with van der Waals surface area (Å²) in [6.45, 7) is 11.3. The fourth-order valence-electron chi connectivity index (χ4n) is 2.61. The molecule has 0 bridgehead atoms. The van der Waals surface area contributed by atoms with Gasteiger partial charge in [-0.25, -0.2) is 9.67 Å². The topological polar surface area (TPSA) is 81.8 Å². The van der Waals surface area contributed by atoms with E-state index in [-0.39, 0.29) is 18.0 Å². The molecule has 0 saturated heterocycles. The zero-order chi connectivity index (χ0) is 17.9. The molecule has 1 N–H and O–H groups in total. The Hall–Kier alpha value is -2.70. The van der Waals surface area contributed by atoms with Crippen LogP contribution in [0.3, 0.4) is 0 Å². The van der Waals surface area contributed by atoms with Crippen molar-refractivity contribution in [1.82, 2.24) is 24.6 Å². The van der Waals surface area contributed by atoms with Crippen LogP contribution in [0.2, 0.25) is 0 Å². The molecule has 7 heteroatoms. The molecular weight excluding hydrogens is 306 g/mol. The molecule has 0 aliphatic rings. The number of hydrogen-bond donors (Lipinski definition) is 1. The van der Waals surface area contributed by atoms with Gasteiger partial charge < -0.3 is 5.32 Å². The van der Waals surface area contributed by atoms with Crippen molar-refractivity contribution >= 4 is 5.91 Å². The lowest BCUT2D eigenvalue weighted by Crippen LogP contribution is -2.37. The fraction of sp³-hybridized carbons (Fsp3) is 0.412. The first-order chi connectivity index (χ1) is 11.4. The van der Waals surface area contributed by atoms with Crippen LogP contribution in [0.25, 0.3) is 5.95 Å². The number of nitrogens with zero attached hydrogens (tertiary/aromatic N) is 4. The summed E-state index contributed by atoms with van der Waals surface area (Å²) >= 11 is 0. The molecule has 7 nitrogen and oxygen atoms in total. The molecular formula is C17H23N5O2. The molecule has 0 unspecified atom stereocenters. The predicted octanol–water partition coefficient (Wildman–Crippen LogP) is 1.22. The molecule has 0 aliphatic carbocycles. The van der Waals surface area contributed by atoms with Crippen molar-refractivity contribution < 1.29 is 4.79 Å². The summed E-state index contributed by atoms with van der Waals surface area (Å²) in [4.78, 5) is 29.5. The van der Waals surface area contributed by atoms with E-state index in [4.69, 9.17) is 0 Å². The second-order valence-electron chi connectivity index (χ2n) is 5.65. The van der Waals surface area contributed by atoms with Crippen LogP contribution in [-0.2, 0) is 17.8 Å². The minimum absolute atomic E-state index is 0.110. The van der Waals surface area contributed by atoms with Gasteiger partial charge >= 0.3 is 0 Å². The van der Waals surface area contributed by atoms with Crippen LogP contribution in [0.1, 0.15) is 29.6 Å². The molecule has 2 rings (SSSR count). The summed E-state index contributed by atoms with van der Waals surface area (Å²) in [5.41, 5.74) is 2.73. The number of rotatable bonds is 6. The quantitative estimate of drug-likeness (QED) is 0.808. The monoisotopic (exact) mass is 329 g/mol. The van der Waals surface area contributed by atoms with Crippen LogP contribution in [-0.4, -0.2) is 31.8 Å². The lowest BCUT2D eigenvalue weighted by molar-refractivity contribution is -0.121. The maximum absolute atomic E-state index is 12.8. The maximum atomic E-state index is 12.8. The van der Waals surface area contributed by atoms with Gasteiger partial charge in [0.25, 0.3) is 5.56 Å². The standard InChI is InChI=1S/C17H23N5O2/c1-6-8-18-15(23)10-21-16(24)14(7-2)13(5)19-17(21)22-12(4)9-11(3)20-22/h6,9H,1,7-8,10H2,2-5H3,(H,18,23). The smallest absolute Gasteiger partial charge is 0.258 e. The number of nitrogens with one attached hydrogen (secondary N) is 1. The highest BCUT2D eigenvalue weighted by atomic mass is 16.2. The van der Waals surface area contributed by atoms with E-state index in [0.29, 0.717) is 30.2 Å². The minimum Gasteiger partial charge on any atom is -0.351 e. The van der Waals surface area contributed by atoms with Gasteiger partial charge in [0.05, 0.1) is 11.4 Å². The summed E-state index contributed by atoms with van der Waals surface area (Å²) in [6.07, 6.45) is 2.15. The molecule has 24 heavy (non-hydrogen) atoms. The molecule has 0 fully saturated rings. The largest absolute Gasteiger partial charge is 0.351 e. The Morgan fingerprint density at radius 3 is 2.62 bits per heavy atom. The third-order valence-corrected chi connectivity index (χ3v) is 3.75. The average Bonchev–Trinajstić information content (AvgIpc) is 2.86. The Balaban J connectivity index is 2.61. The van der Waals surface area contributed by atoms with E-state index in [1.807, 2.05) is 26.8 Å². The van der Waals surface area contributed by atoms with Gasteiger partial charge in [0.2, 0.25) is 11.9 Å². The van der Waals surface area contributed by atoms with E-state index in [9.17, 15) is 9.59 Å². The highest BCUT2D eigenvalue weighted by molar-refractivity contribution is 5.76. The summed E-state index contributed by atoms with van der Waals surface area (Å²) in [5.74, 6) is 0.0848. The highest BCUT2D eigenvalue weighted by Gasteiger charge is 2.18. The number of aromatic nitrogens is 4. The first-order valence-corrected chi connectivity index (χ1v) is 7.90. The second kappa shape index (κ2) is 7.25. The van der Waals surface area contributed by atoms with Gasteiger partial charge in [0.15, 0.2) is 0 Å². The van der Waals surface area contributed by atoms with E-state index in [0.717, 1.165) is 11.4 Å². The van der Waals surface area contributed by atoms with Gasteiger partial charge in [-0.1, -0.05) is 13.0 Å². The number of carbonyl (C=O) groups is 1. The van der Waals surface area contributed by atoms with E-state index >= 15 is 0 Å². The van der Waals surface area contributed by atoms with Crippen molar-refractivity contribution in [2.75, 3.05) is 6.54 Å². The molecule has 0 aliphatic heterocycles. The zero-order valence-corrected chi connectivity index (χ0v) is 14.6. The van der Waals surface area contributed by atoms with Crippen molar-refractivity contribution in [2.45, 2.75) is 40.7 Å². The molecule has 128 valence electrons. The van der Waals surface area contributed by atoms with E-state index in [2.05, 4.69) is 22.0 Å². The van der Waals surface area contributed by atoms with E-state index in [1.165, 1.54) is 4.57 Å². The molecule has 1 amide bonds. The normalized spacial score (nSPS) is 10.7. The van der Waals surface area contributed by atoms with Crippen molar-refractivity contribution in [3.63, 3.8) is 0 Å². The number of aryl methyl sites for hydroxylation is 3. The molecule has 2 aromatic heterocycles. The first-order valence-electron chi connectivity index (χ1n) is 7.90. The van der Waals surface area contributed by atoms with Crippen LogP contribution < -0.4 is 10.9 Å². The van der Waals surface area contributed by atoms with Crippen molar-refractivity contribution in [2.24, 2.45) is 0 Å². The summed E-state index contributed by atoms with van der Waals surface area (Å²) in [5, 5.41) is 7.08. The third-order valence-electron chi connectivity index (χ3n) is 3.75. The predicted molar refractivity (Wildman–Crippen MR) is 92.4 cm³/mol. The van der Waals surface area contributed by atoms with Crippen LogP contribution in [0.4, 0.5) is 0 Å². The average molecular weight is 329 g/mol. The van der Waals surface area contributed by atoms with Crippen LogP contribution in [0.5, 0.6) is 0 Å². The third kappa shape index (κ3) is 3.45. The molecule has 0 spiro atoms. The van der Waals surface area contributed by atoms with Gasteiger partial charge in [0.1, 0.15) is 6.54 Å². The highest BCUT2D eigenvalue weighted by Crippen LogP contribution is 2.11. The van der Waals surface area contributed by atoms with Crippen LogP contribution >= 0.6 is 0 Å². The molecule has 0 aromatic carbocycles. The van der Waals surface area contributed by atoms with Crippen molar-refractivity contribution in [3.8, 4) is 5.95 Å². The SMILES string of the molecule is C=CCNC(=O)Cn1c(-n2nc(C)cc2C)nc(C)c(CC)c1=O. The lowest BCUT2D eigenvalue weighted by atomic mass is 10.2. The maximum Gasteiger partial charge on any atom is 0.258 e. The fourth-order valence-corrected chi connectivity index (χ4v) is 2.61. The number of hydrogen-bond acceptors (Lipinski definition) is 4. The first kappa shape index (κ1) is 17.7. The molecule has 0 saturated carbocycles. The van der Waals surface area contributed by atoms with Crippen molar-refractivity contribution in [1.29, 1.82) is 0 Å². The number of carbonyl (C=O) groups excluding carboxylic acids is 1. The molecule has 2 heterocycles. The Morgan fingerprint density at radius 2 is 2.08 bits per heavy atom. The van der Waals surface area contributed by atoms with Gasteiger partial charge in [0, 0.05) is 17.8 Å². The van der Waals surface area contributed by atoms with Gasteiger partial charge in [-0.15, -0.1) is 6.58 Å². The van der Waals surface area contributed by atoms with Crippen molar-refractivity contribution in [3.05, 3.63) is 51.7 Å². The Labute approximate surface area is 141 Å². The van der Waals surface area contributed by atoms with Crippen LogP contribution in [0.15, 0.2) is 23.5 Å². The second-order valence-corrected chi connectivity index (χ2v) is 5.65. The summed E-state index contributed by atoms with van der Waals surface area (Å²) in [7, 11) is 0. The van der Waals surface area contributed by atoms with Gasteiger partial charge in [-0.2, -0.15) is 5.10 Å². The minimum atomic E-state index is -0.271. The van der Waals surface area contributed by atoms with E-state index < -0.39 is 0 Å².